The van der Waals surface area contributed by atoms with Crippen LogP contribution in [0.3, 0.4) is 0 Å². The predicted octanol–water partition coefficient (Wildman–Crippen LogP) is 0.422. The highest BCUT2D eigenvalue weighted by molar-refractivity contribution is 8.01. The van der Waals surface area contributed by atoms with Crippen molar-refractivity contribution in [3.05, 3.63) is 63.6 Å². The number of thioether (sulfide) groups is 2. The van der Waals surface area contributed by atoms with Crippen LogP contribution in [0.4, 0.5) is 5.13 Å². The molecule has 0 aliphatic carbocycles. The number of carboxylic acids is 3. The lowest BCUT2D eigenvalue weighted by Crippen LogP contribution is -2.71. The highest BCUT2D eigenvalue weighted by Gasteiger charge is 2.54. The van der Waals surface area contributed by atoms with E-state index >= 15 is 0 Å². The maximum Gasteiger partial charge on any atom is 0.354 e. The maximum atomic E-state index is 13.5. The normalized spacial score (nSPS) is 17.3. The quantitative estimate of drug-likeness (QED) is 0.0258. The fraction of sp³-hybridized carbons (Fsp3) is 0.185. The number of hydrogen-bond donors (Lipinski definition) is 7. The first kappa shape index (κ1) is 33.9. The molecular weight excluding hydrogens is 723 g/mol. The van der Waals surface area contributed by atoms with Crippen molar-refractivity contribution >= 4 is 81.1 Å². The highest BCUT2D eigenvalue weighted by Crippen LogP contribution is 2.42. The molecule has 1 saturated heterocycles. The van der Waals surface area contributed by atoms with Gasteiger partial charge in [0.1, 0.15) is 40.0 Å². The summed E-state index contributed by atoms with van der Waals surface area (Å²) in [6, 6.07) is 2.31. The molecule has 8 N–H and O–H groups in total. The average molecular weight is 744 g/mol. The van der Waals surface area contributed by atoms with Crippen molar-refractivity contribution in [2.45, 2.75) is 23.0 Å². The van der Waals surface area contributed by atoms with E-state index in [0.717, 1.165) is 34.1 Å². The average Bonchev–Trinajstić information content (AvgIpc) is 3.74. The van der Waals surface area contributed by atoms with E-state index in [-0.39, 0.29) is 44.9 Å². The van der Waals surface area contributed by atoms with Crippen LogP contribution in [0.5, 0.6) is 11.5 Å². The van der Waals surface area contributed by atoms with E-state index in [0.29, 0.717) is 10.6 Å². The number of phenolic OH excluding ortho intramolecular Hbond substituents is 1. The smallest absolute Gasteiger partial charge is 0.354 e. The fourth-order valence-electron chi connectivity index (χ4n) is 4.92. The minimum Gasteiger partial charge on any atom is -0.504 e. The van der Waals surface area contributed by atoms with E-state index in [1.54, 1.807) is 0 Å². The molecule has 2 aliphatic heterocycles. The van der Waals surface area contributed by atoms with Crippen LogP contribution in [0.15, 0.2) is 51.2 Å². The Balaban J connectivity index is 1.19. The number of fused-ring (bicyclic) bond motifs is 2. The molecule has 1 fully saturated rings. The summed E-state index contributed by atoms with van der Waals surface area (Å²) in [5.41, 5.74) is 4.52. The number of aromatic carboxylic acids is 2. The number of thiazole rings is 1. The minimum absolute atomic E-state index is 0.0361. The summed E-state index contributed by atoms with van der Waals surface area (Å²) in [4.78, 5) is 76.6. The number of carbonyl (C=O) groups excluding carboxylic acids is 2. The zero-order valence-corrected chi connectivity index (χ0v) is 27.2. The number of anilines is 1. The van der Waals surface area contributed by atoms with Crippen LogP contribution in [-0.2, 0) is 25.8 Å². The van der Waals surface area contributed by atoms with Gasteiger partial charge >= 0.3 is 17.9 Å². The second-order valence-corrected chi connectivity index (χ2v) is 13.2. The van der Waals surface area contributed by atoms with Crippen LogP contribution < -0.4 is 11.1 Å². The van der Waals surface area contributed by atoms with Gasteiger partial charge in [-0.1, -0.05) is 16.4 Å². The molecule has 0 saturated carbocycles. The number of carboxylic acid groups (broad SMARTS) is 3. The van der Waals surface area contributed by atoms with Crippen LogP contribution in [0, 0.1) is 0 Å². The number of benzene rings is 1. The van der Waals surface area contributed by atoms with E-state index in [4.69, 9.17) is 10.6 Å². The molecule has 5 heterocycles. The molecule has 0 unspecified atom stereocenters. The van der Waals surface area contributed by atoms with Crippen LogP contribution in [0.2, 0.25) is 0 Å². The third-order valence-electron chi connectivity index (χ3n) is 7.20. The fourth-order valence-corrected chi connectivity index (χ4v) is 7.95. The van der Waals surface area contributed by atoms with Gasteiger partial charge in [-0.15, -0.1) is 40.0 Å². The van der Waals surface area contributed by atoms with Crippen molar-refractivity contribution in [2.24, 2.45) is 5.16 Å². The Kier molecular flexibility index (Phi) is 9.18. The summed E-state index contributed by atoms with van der Waals surface area (Å²) in [6.07, 6.45) is 1.27. The molecule has 6 rings (SSSR count). The molecule has 23 heteroatoms. The number of nitrogens with one attached hydrogen (secondary N) is 1. The van der Waals surface area contributed by atoms with Crippen molar-refractivity contribution in [1.29, 1.82) is 0 Å². The van der Waals surface area contributed by atoms with Gasteiger partial charge in [-0.2, -0.15) is 4.52 Å². The van der Waals surface area contributed by atoms with E-state index in [2.05, 4.69) is 30.8 Å². The van der Waals surface area contributed by atoms with Gasteiger partial charge in [0.2, 0.25) is 0 Å². The standard InChI is InChI=1S/C27H21N9O11S3/c28-27-31-12(8-50-27)17(33-47-5-9-1-2-13(37)20(38)16(9)25(43)44)21(39)32-18-22(40)35-19(26(45)46)10(7-49-23(18)35)6-48-15-3-11(24(41)42)30-14-4-29-34-36(14)15/h1-4,8,18,23,37-38H,5-7H2,(H2,28,31)(H,32,39)(H,41,42)(H,43,44)(H,45,46)/t18-,23-/m1/s1. The van der Waals surface area contributed by atoms with Crippen molar-refractivity contribution in [3.8, 4) is 11.5 Å². The number of hydrogen-bond acceptors (Lipinski definition) is 17. The maximum absolute atomic E-state index is 13.5. The number of aromatic hydroxyl groups is 2. The zero-order chi connectivity index (χ0) is 35.9. The Hall–Kier alpha value is -5.94. The minimum atomic E-state index is -1.56. The van der Waals surface area contributed by atoms with Gasteiger partial charge in [-0.3, -0.25) is 14.5 Å². The molecule has 50 heavy (non-hydrogen) atoms. The molecule has 0 bridgehead atoms. The number of aliphatic carboxylic acids is 1. The second-order valence-electron chi connectivity index (χ2n) is 10.3. The molecule has 3 aromatic heterocycles. The van der Waals surface area contributed by atoms with Crippen LogP contribution in [-0.4, -0.2) is 114 Å². The van der Waals surface area contributed by atoms with E-state index in [1.165, 1.54) is 40.0 Å². The predicted molar refractivity (Wildman–Crippen MR) is 173 cm³/mol. The number of nitrogens with two attached hydrogens (primary N) is 1. The van der Waals surface area contributed by atoms with Gasteiger partial charge in [0.15, 0.2) is 33.7 Å². The van der Waals surface area contributed by atoms with Gasteiger partial charge in [0, 0.05) is 28.5 Å². The number of aromatic nitrogens is 5. The number of nitrogens with zero attached hydrogens (tertiary/aromatic N) is 7. The Morgan fingerprint density at radius 2 is 1.88 bits per heavy atom. The van der Waals surface area contributed by atoms with Gasteiger partial charge in [-0.25, -0.2) is 24.4 Å². The first-order valence-electron chi connectivity index (χ1n) is 13.8. The largest absolute Gasteiger partial charge is 0.504 e. The van der Waals surface area contributed by atoms with E-state index < -0.39 is 70.5 Å². The van der Waals surface area contributed by atoms with Gasteiger partial charge < -0.3 is 41.4 Å². The monoisotopic (exact) mass is 743 g/mol. The van der Waals surface area contributed by atoms with Crippen molar-refractivity contribution < 1.29 is 54.3 Å². The molecule has 2 aliphatic rings. The summed E-state index contributed by atoms with van der Waals surface area (Å²) >= 11 is 3.24. The number of rotatable bonds is 12. The Labute approximate surface area is 290 Å². The van der Waals surface area contributed by atoms with Gasteiger partial charge in [0.05, 0.1) is 6.20 Å². The summed E-state index contributed by atoms with van der Waals surface area (Å²) < 4.78 is 1.30. The van der Waals surface area contributed by atoms with E-state index in [9.17, 15) is 49.5 Å². The number of phenols is 2. The molecule has 0 spiro atoms. The molecule has 1 aromatic carbocycles. The summed E-state index contributed by atoms with van der Waals surface area (Å²) in [7, 11) is 0. The topological polar surface area (TPSA) is 305 Å². The van der Waals surface area contributed by atoms with Gasteiger partial charge in [0.25, 0.3) is 11.8 Å². The number of amides is 2. The first-order valence-corrected chi connectivity index (χ1v) is 16.7. The summed E-state index contributed by atoms with van der Waals surface area (Å²) in [5.74, 6) is -7.26. The lowest BCUT2D eigenvalue weighted by molar-refractivity contribution is -0.150. The number of nitrogen functional groups attached to an aromatic ring is 1. The summed E-state index contributed by atoms with van der Waals surface area (Å²) in [6.45, 7) is -0.562. The zero-order valence-electron chi connectivity index (χ0n) is 24.8. The van der Waals surface area contributed by atoms with Crippen LogP contribution in [0.1, 0.15) is 32.1 Å². The number of oxime groups is 1. The van der Waals surface area contributed by atoms with Gasteiger partial charge in [-0.05, 0) is 11.6 Å². The van der Waals surface area contributed by atoms with Crippen molar-refractivity contribution in [1.82, 2.24) is 35.0 Å². The number of β-lactam (4-membered cyclic amide) rings is 1. The molecular formula is C27H21N9O11S3. The Morgan fingerprint density at radius 3 is 2.56 bits per heavy atom. The molecule has 20 nitrogen and oxygen atoms in total. The van der Waals surface area contributed by atoms with Crippen molar-refractivity contribution in [2.75, 3.05) is 17.2 Å². The lowest BCUT2D eigenvalue weighted by atomic mass is 10.0. The lowest BCUT2D eigenvalue weighted by Gasteiger charge is -2.49. The van der Waals surface area contributed by atoms with Crippen molar-refractivity contribution in [3.63, 3.8) is 0 Å². The molecule has 2 atom stereocenters. The number of carbonyl (C=O) groups is 5. The Bertz CT molecular complexity index is 2170. The van der Waals surface area contributed by atoms with Crippen LogP contribution >= 0.6 is 34.9 Å². The highest BCUT2D eigenvalue weighted by atomic mass is 32.2. The summed E-state index contributed by atoms with van der Waals surface area (Å²) in [5, 5.41) is 63.5. The molecule has 4 aromatic rings. The molecule has 2 amide bonds. The van der Waals surface area contributed by atoms with Crippen LogP contribution in [0.25, 0.3) is 5.65 Å². The Morgan fingerprint density at radius 1 is 1.10 bits per heavy atom. The third-order valence-corrected chi connectivity index (χ3v) is 10.3. The SMILES string of the molecule is Nc1nc(C(=NOCc2ccc(O)c(O)c2C(=O)O)C(=O)N[C@@H]2C(=O)N3C(C(=O)O)=C(CSc4cc(C(=O)O)nc5cnnn45)CS[C@H]23)cs1. The van der Waals surface area contributed by atoms with E-state index in [1.807, 2.05) is 0 Å². The molecule has 258 valence electrons. The first-order chi connectivity index (χ1) is 23.8. The third kappa shape index (κ3) is 6.30. The molecule has 0 radical (unpaired) electrons. The second kappa shape index (κ2) is 13.5.